The average Bonchev–Trinajstić information content (AvgIpc) is 2.97. The molecule has 0 saturated heterocycles. The van der Waals surface area contributed by atoms with Crippen molar-refractivity contribution in [3.8, 4) is 0 Å². The lowest BCUT2D eigenvalue weighted by Crippen LogP contribution is -2.39. The molecule has 0 saturated carbocycles. The van der Waals surface area contributed by atoms with Gasteiger partial charge in [0.25, 0.3) is 5.91 Å². The second kappa shape index (κ2) is 10.7. The lowest BCUT2D eigenvalue weighted by atomic mass is 10.1. The van der Waals surface area contributed by atoms with Crippen LogP contribution < -0.4 is 16.4 Å². The Kier molecular flexibility index (Phi) is 8.82. The van der Waals surface area contributed by atoms with E-state index in [0.717, 1.165) is 19.6 Å². The van der Waals surface area contributed by atoms with E-state index in [-0.39, 0.29) is 5.76 Å². The van der Waals surface area contributed by atoms with Crippen LogP contribution in [0.5, 0.6) is 0 Å². The maximum Gasteiger partial charge on any atom is 0.284 e. The van der Waals surface area contributed by atoms with Crippen LogP contribution in [0.4, 0.5) is 0 Å². The van der Waals surface area contributed by atoms with Crippen molar-refractivity contribution in [3.63, 3.8) is 0 Å². The monoisotopic (exact) mass is 324 g/mol. The molecule has 1 heterocycles. The van der Waals surface area contributed by atoms with Gasteiger partial charge in [-0.1, -0.05) is 13.8 Å². The number of aliphatic imine (C=N–C) groups is 1. The summed E-state index contributed by atoms with van der Waals surface area (Å²) in [5.41, 5.74) is 5.15. The maximum atomic E-state index is 11.0. The molecule has 7 heteroatoms. The summed E-state index contributed by atoms with van der Waals surface area (Å²) in [5, 5.41) is 6.33. The quantitative estimate of drug-likeness (QED) is 0.344. The Morgan fingerprint density at radius 3 is 2.74 bits per heavy atom. The van der Waals surface area contributed by atoms with Gasteiger partial charge in [-0.3, -0.25) is 4.79 Å². The van der Waals surface area contributed by atoms with Crippen LogP contribution >= 0.6 is 0 Å². The number of hydrogen-bond donors (Lipinski definition) is 3. The van der Waals surface area contributed by atoms with Gasteiger partial charge in [0, 0.05) is 19.7 Å². The molecule has 0 bridgehead atoms. The minimum absolute atomic E-state index is 0.145. The Balaban J connectivity index is 2.36. The van der Waals surface area contributed by atoms with Crippen LogP contribution in [0.2, 0.25) is 0 Å². The molecule has 0 aromatic carbocycles. The summed E-state index contributed by atoms with van der Waals surface area (Å²) in [7, 11) is 0. The summed E-state index contributed by atoms with van der Waals surface area (Å²) in [6.45, 7) is 9.51. The summed E-state index contributed by atoms with van der Waals surface area (Å²) < 4.78 is 10.8. The summed E-state index contributed by atoms with van der Waals surface area (Å²) in [4.78, 5) is 15.4. The van der Waals surface area contributed by atoms with Gasteiger partial charge in [-0.15, -0.1) is 0 Å². The van der Waals surface area contributed by atoms with Gasteiger partial charge in [0.15, 0.2) is 11.7 Å². The molecular formula is C16H28N4O3. The lowest BCUT2D eigenvalue weighted by Gasteiger charge is -2.11. The zero-order valence-corrected chi connectivity index (χ0v) is 14.2. The first kappa shape index (κ1) is 19.0. The smallest absolute Gasteiger partial charge is 0.284 e. The molecule has 130 valence electrons. The Bertz CT molecular complexity index is 497. The molecule has 0 aliphatic heterocycles. The number of nitrogens with one attached hydrogen (secondary N) is 2. The highest BCUT2D eigenvalue weighted by atomic mass is 16.5. The van der Waals surface area contributed by atoms with Crippen molar-refractivity contribution < 1.29 is 13.9 Å². The first-order valence-corrected chi connectivity index (χ1v) is 8.01. The minimum Gasteiger partial charge on any atom is -0.454 e. The van der Waals surface area contributed by atoms with Crippen molar-refractivity contribution in [2.24, 2.45) is 16.6 Å². The van der Waals surface area contributed by atoms with Crippen molar-refractivity contribution in [1.82, 2.24) is 10.6 Å². The Hall–Kier alpha value is -2.02. The first-order valence-electron chi connectivity index (χ1n) is 8.01. The molecule has 1 aromatic heterocycles. The van der Waals surface area contributed by atoms with Gasteiger partial charge in [0.2, 0.25) is 0 Å². The fraction of sp³-hybridized carbons (Fsp3) is 0.625. The van der Waals surface area contributed by atoms with E-state index in [9.17, 15) is 4.79 Å². The van der Waals surface area contributed by atoms with Gasteiger partial charge < -0.3 is 25.5 Å². The molecule has 0 aliphatic rings. The van der Waals surface area contributed by atoms with Gasteiger partial charge in [0.05, 0.1) is 6.61 Å². The van der Waals surface area contributed by atoms with Crippen LogP contribution in [-0.2, 0) is 11.3 Å². The highest BCUT2D eigenvalue weighted by molar-refractivity contribution is 5.89. The fourth-order valence-electron chi connectivity index (χ4n) is 1.76. The van der Waals surface area contributed by atoms with Crippen LogP contribution in [-0.4, -0.2) is 38.2 Å². The van der Waals surface area contributed by atoms with Crippen molar-refractivity contribution in [3.05, 3.63) is 23.7 Å². The number of rotatable bonds is 10. The molecule has 23 heavy (non-hydrogen) atoms. The minimum atomic E-state index is -0.580. The van der Waals surface area contributed by atoms with Crippen molar-refractivity contribution in [2.75, 3.05) is 26.3 Å². The number of primary amides is 1. The van der Waals surface area contributed by atoms with E-state index in [1.54, 1.807) is 12.1 Å². The standard InChI is InChI=1S/C16H28N4O3/c1-4-18-16(19-8-10-22-9-7-12(2)3)20-11-13-5-6-14(23-13)15(17)21/h5-6,12H,4,7-11H2,1-3H3,(H2,17,21)(H2,18,19,20). The van der Waals surface area contributed by atoms with Crippen LogP contribution in [0.15, 0.2) is 21.5 Å². The Morgan fingerprint density at radius 2 is 2.13 bits per heavy atom. The largest absolute Gasteiger partial charge is 0.454 e. The van der Waals surface area contributed by atoms with Crippen LogP contribution in [0.1, 0.15) is 43.5 Å². The molecular weight excluding hydrogens is 296 g/mol. The van der Waals surface area contributed by atoms with Gasteiger partial charge in [-0.05, 0) is 31.4 Å². The molecule has 0 atom stereocenters. The SMILES string of the molecule is CCNC(=NCc1ccc(C(N)=O)o1)NCCOCCC(C)C. The summed E-state index contributed by atoms with van der Waals surface area (Å²) in [6, 6.07) is 3.25. The number of ether oxygens (including phenoxy) is 1. The van der Waals surface area contributed by atoms with Gasteiger partial charge in [0.1, 0.15) is 12.3 Å². The topological polar surface area (TPSA) is 102 Å². The van der Waals surface area contributed by atoms with Gasteiger partial charge in [-0.2, -0.15) is 0 Å². The van der Waals surface area contributed by atoms with E-state index < -0.39 is 5.91 Å². The zero-order valence-electron chi connectivity index (χ0n) is 14.2. The summed E-state index contributed by atoms with van der Waals surface area (Å²) in [6.07, 6.45) is 1.06. The van der Waals surface area contributed by atoms with Crippen LogP contribution in [0.25, 0.3) is 0 Å². The third-order valence-corrected chi connectivity index (χ3v) is 3.02. The highest BCUT2D eigenvalue weighted by Gasteiger charge is 2.06. The molecule has 0 radical (unpaired) electrons. The zero-order chi connectivity index (χ0) is 17.1. The number of nitrogens with zero attached hydrogens (tertiary/aromatic N) is 1. The molecule has 0 aliphatic carbocycles. The molecule has 0 spiro atoms. The Labute approximate surface area is 137 Å². The number of nitrogens with two attached hydrogens (primary N) is 1. The van der Waals surface area contributed by atoms with Crippen LogP contribution in [0, 0.1) is 5.92 Å². The first-order chi connectivity index (χ1) is 11.0. The molecule has 1 amide bonds. The number of hydrogen-bond acceptors (Lipinski definition) is 4. The van der Waals surface area contributed by atoms with Crippen molar-refractivity contribution >= 4 is 11.9 Å². The lowest BCUT2D eigenvalue weighted by molar-refractivity contribution is 0.0972. The molecule has 1 aromatic rings. The van der Waals surface area contributed by atoms with Crippen LogP contribution in [0.3, 0.4) is 0 Å². The van der Waals surface area contributed by atoms with Gasteiger partial charge in [-0.25, -0.2) is 4.99 Å². The number of guanidine groups is 1. The molecule has 1 rings (SSSR count). The molecule has 7 nitrogen and oxygen atoms in total. The van der Waals surface area contributed by atoms with Gasteiger partial charge >= 0.3 is 0 Å². The fourth-order valence-corrected chi connectivity index (χ4v) is 1.76. The van der Waals surface area contributed by atoms with E-state index >= 15 is 0 Å². The molecule has 4 N–H and O–H groups in total. The summed E-state index contributed by atoms with van der Waals surface area (Å²) >= 11 is 0. The third kappa shape index (κ3) is 8.25. The van der Waals surface area contributed by atoms with Crippen molar-refractivity contribution in [1.29, 1.82) is 0 Å². The predicted octanol–water partition coefficient (Wildman–Crippen LogP) is 1.50. The third-order valence-electron chi connectivity index (χ3n) is 3.02. The Morgan fingerprint density at radius 1 is 1.35 bits per heavy atom. The maximum absolute atomic E-state index is 11.0. The average molecular weight is 324 g/mol. The highest BCUT2D eigenvalue weighted by Crippen LogP contribution is 2.08. The number of carbonyl (C=O) groups excluding carboxylic acids is 1. The second-order valence-corrected chi connectivity index (χ2v) is 5.55. The molecule has 0 unspecified atom stereocenters. The number of amides is 1. The van der Waals surface area contributed by atoms with E-state index in [1.165, 1.54) is 0 Å². The summed E-state index contributed by atoms with van der Waals surface area (Å²) in [5.74, 6) is 1.48. The second-order valence-electron chi connectivity index (χ2n) is 5.55. The predicted molar refractivity (Wildman–Crippen MR) is 90.3 cm³/mol. The van der Waals surface area contributed by atoms with Crippen molar-refractivity contribution in [2.45, 2.75) is 33.7 Å². The normalized spacial score (nSPS) is 11.7. The van der Waals surface area contributed by atoms with E-state index in [0.29, 0.717) is 37.3 Å². The van der Waals surface area contributed by atoms with E-state index in [1.807, 2.05) is 6.92 Å². The number of furan rings is 1. The molecule has 0 fully saturated rings. The van der Waals surface area contributed by atoms with E-state index in [4.69, 9.17) is 14.9 Å². The van der Waals surface area contributed by atoms with E-state index in [2.05, 4.69) is 29.5 Å². The number of carbonyl (C=O) groups is 1.